The summed E-state index contributed by atoms with van der Waals surface area (Å²) in [6.45, 7) is 9.85. The Kier molecular flexibility index (Phi) is 6.14. The topological polar surface area (TPSA) is 17.0 Å². The first-order valence-electron chi connectivity index (χ1n) is 6.49. The van der Waals surface area contributed by atoms with Crippen molar-refractivity contribution in [2.24, 2.45) is 7.05 Å². The van der Waals surface area contributed by atoms with Crippen LogP contribution in [0.1, 0.15) is 37.2 Å². The van der Waals surface area contributed by atoms with E-state index >= 15 is 0 Å². The van der Waals surface area contributed by atoms with Crippen molar-refractivity contribution in [2.75, 3.05) is 11.5 Å². The molecule has 0 aliphatic heterocycles. The monoisotopic (exact) mass is 254 g/mol. The molecule has 0 aliphatic rings. The van der Waals surface area contributed by atoms with Gasteiger partial charge in [-0.2, -0.15) is 11.8 Å². The van der Waals surface area contributed by atoms with Crippen molar-refractivity contribution in [3.8, 4) is 0 Å². The Balaban J connectivity index is 2.37. The molecule has 1 unspecified atom stereocenters. The minimum atomic E-state index is 0.606. The maximum absolute atomic E-state index is 3.61. The average molecular weight is 254 g/mol. The fourth-order valence-electron chi connectivity index (χ4n) is 1.90. The Morgan fingerprint density at radius 2 is 2.12 bits per heavy atom. The number of hydrogen-bond donors (Lipinski definition) is 1. The summed E-state index contributed by atoms with van der Waals surface area (Å²) in [5.41, 5.74) is 4.15. The van der Waals surface area contributed by atoms with Gasteiger partial charge < -0.3 is 9.88 Å². The summed E-state index contributed by atoms with van der Waals surface area (Å²) >= 11 is 2.02. The zero-order valence-electron chi connectivity index (χ0n) is 11.8. The van der Waals surface area contributed by atoms with Gasteiger partial charge >= 0.3 is 0 Å². The lowest BCUT2D eigenvalue weighted by Crippen LogP contribution is -2.26. The van der Waals surface area contributed by atoms with E-state index in [0.29, 0.717) is 6.04 Å². The highest BCUT2D eigenvalue weighted by atomic mass is 32.2. The molecule has 0 saturated carbocycles. The number of nitrogens with zero attached hydrogens (tertiary/aromatic N) is 1. The Morgan fingerprint density at radius 3 is 2.65 bits per heavy atom. The third-order valence-electron chi connectivity index (χ3n) is 3.42. The molecule has 98 valence electrons. The maximum atomic E-state index is 3.61. The van der Waals surface area contributed by atoms with E-state index in [1.54, 1.807) is 0 Å². The highest BCUT2D eigenvalue weighted by molar-refractivity contribution is 7.99. The third-order valence-corrected chi connectivity index (χ3v) is 4.35. The lowest BCUT2D eigenvalue weighted by molar-refractivity contribution is 0.536. The number of nitrogens with one attached hydrogen (secondary N) is 1. The van der Waals surface area contributed by atoms with Gasteiger partial charge in [-0.05, 0) is 50.3 Å². The van der Waals surface area contributed by atoms with E-state index in [2.05, 4.69) is 50.7 Å². The lowest BCUT2D eigenvalue weighted by atomic mass is 10.2. The second kappa shape index (κ2) is 7.12. The predicted octanol–water partition coefficient (Wildman–Crippen LogP) is 3.26. The molecule has 1 aromatic rings. The number of thioether (sulfide) groups is 1. The van der Waals surface area contributed by atoms with Gasteiger partial charge in [0.25, 0.3) is 0 Å². The number of rotatable bonds is 7. The Morgan fingerprint density at radius 1 is 1.41 bits per heavy atom. The van der Waals surface area contributed by atoms with Crippen LogP contribution in [0.2, 0.25) is 0 Å². The van der Waals surface area contributed by atoms with Crippen LogP contribution in [0, 0.1) is 13.8 Å². The van der Waals surface area contributed by atoms with Crippen LogP contribution in [0.25, 0.3) is 0 Å². The van der Waals surface area contributed by atoms with E-state index in [1.165, 1.54) is 34.9 Å². The number of aromatic nitrogens is 1. The van der Waals surface area contributed by atoms with E-state index in [-0.39, 0.29) is 0 Å². The summed E-state index contributed by atoms with van der Waals surface area (Å²) in [7, 11) is 2.13. The summed E-state index contributed by atoms with van der Waals surface area (Å²) in [5, 5.41) is 3.61. The third kappa shape index (κ3) is 4.40. The van der Waals surface area contributed by atoms with Crippen LogP contribution in [0.4, 0.5) is 0 Å². The van der Waals surface area contributed by atoms with Gasteiger partial charge in [0, 0.05) is 31.0 Å². The normalized spacial score (nSPS) is 13.0. The molecule has 0 aliphatic carbocycles. The SMILES string of the molecule is CCSCCC(C)NCc1cc(C)n(C)c1C. The van der Waals surface area contributed by atoms with Crippen LogP contribution in [-0.4, -0.2) is 22.1 Å². The summed E-state index contributed by atoms with van der Waals surface area (Å²) in [4.78, 5) is 0. The standard InChI is InChI=1S/C14H26N2S/c1-6-17-8-7-11(2)15-10-14-9-12(3)16(5)13(14)4/h9,11,15H,6-8,10H2,1-5H3. The van der Waals surface area contributed by atoms with Crippen LogP contribution in [0.3, 0.4) is 0 Å². The van der Waals surface area contributed by atoms with Gasteiger partial charge in [0.2, 0.25) is 0 Å². The van der Waals surface area contributed by atoms with Crippen LogP contribution in [0.5, 0.6) is 0 Å². The smallest absolute Gasteiger partial charge is 0.0225 e. The fourth-order valence-corrected chi connectivity index (χ4v) is 2.71. The Labute approximate surface area is 110 Å². The van der Waals surface area contributed by atoms with Crippen LogP contribution in [0.15, 0.2) is 6.07 Å². The van der Waals surface area contributed by atoms with Gasteiger partial charge in [-0.1, -0.05) is 6.92 Å². The molecule has 1 rings (SSSR count). The molecule has 0 radical (unpaired) electrons. The van der Waals surface area contributed by atoms with E-state index in [4.69, 9.17) is 0 Å². The molecule has 1 N–H and O–H groups in total. The minimum Gasteiger partial charge on any atom is -0.352 e. The molecule has 1 aromatic heterocycles. The molecule has 1 heterocycles. The summed E-state index contributed by atoms with van der Waals surface area (Å²) < 4.78 is 2.26. The van der Waals surface area contributed by atoms with Crippen molar-refractivity contribution in [1.29, 1.82) is 0 Å². The highest BCUT2D eigenvalue weighted by Gasteiger charge is 2.07. The molecule has 0 aromatic carbocycles. The second-order valence-electron chi connectivity index (χ2n) is 4.72. The summed E-state index contributed by atoms with van der Waals surface area (Å²) in [6.07, 6.45) is 1.25. The Hall–Kier alpha value is -0.410. The zero-order valence-corrected chi connectivity index (χ0v) is 12.7. The number of hydrogen-bond acceptors (Lipinski definition) is 2. The first kappa shape index (κ1) is 14.7. The van der Waals surface area contributed by atoms with Gasteiger partial charge in [0.1, 0.15) is 0 Å². The fraction of sp³-hybridized carbons (Fsp3) is 0.714. The van der Waals surface area contributed by atoms with Crippen LogP contribution < -0.4 is 5.32 Å². The first-order valence-corrected chi connectivity index (χ1v) is 7.64. The molecular weight excluding hydrogens is 228 g/mol. The number of aryl methyl sites for hydroxylation is 1. The van der Waals surface area contributed by atoms with E-state index in [0.717, 1.165) is 6.54 Å². The van der Waals surface area contributed by atoms with Gasteiger partial charge in [0.05, 0.1) is 0 Å². The van der Waals surface area contributed by atoms with Crippen molar-refractivity contribution >= 4 is 11.8 Å². The maximum Gasteiger partial charge on any atom is 0.0225 e. The van der Waals surface area contributed by atoms with Gasteiger partial charge in [0.15, 0.2) is 0 Å². The highest BCUT2D eigenvalue weighted by Crippen LogP contribution is 2.13. The Bertz CT molecular complexity index is 344. The lowest BCUT2D eigenvalue weighted by Gasteiger charge is -2.13. The molecule has 0 fully saturated rings. The molecule has 2 nitrogen and oxygen atoms in total. The van der Waals surface area contributed by atoms with E-state index in [9.17, 15) is 0 Å². The first-order chi connectivity index (χ1) is 8.06. The summed E-state index contributed by atoms with van der Waals surface area (Å²) in [5.74, 6) is 2.49. The minimum absolute atomic E-state index is 0.606. The zero-order chi connectivity index (χ0) is 12.8. The van der Waals surface area contributed by atoms with Gasteiger partial charge in [-0.15, -0.1) is 0 Å². The predicted molar refractivity (Wildman–Crippen MR) is 78.8 cm³/mol. The molecule has 3 heteroatoms. The summed E-state index contributed by atoms with van der Waals surface area (Å²) in [6, 6.07) is 2.89. The molecule has 1 atom stereocenters. The van der Waals surface area contributed by atoms with E-state index in [1.807, 2.05) is 11.8 Å². The van der Waals surface area contributed by atoms with E-state index < -0.39 is 0 Å². The van der Waals surface area contributed by atoms with Crippen LogP contribution >= 0.6 is 11.8 Å². The average Bonchev–Trinajstić information content (AvgIpc) is 2.54. The second-order valence-corrected chi connectivity index (χ2v) is 6.12. The molecule has 0 saturated heterocycles. The molecule has 17 heavy (non-hydrogen) atoms. The van der Waals surface area contributed by atoms with Crippen molar-refractivity contribution in [3.05, 3.63) is 23.0 Å². The van der Waals surface area contributed by atoms with Gasteiger partial charge in [-0.25, -0.2) is 0 Å². The van der Waals surface area contributed by atoms with Crippen molar-refractivity contribution in [2.45, 2.75) is 46.7 Å². The molecule has 0 spiro atoms. The largest absolute Gasteiger partial charge is 0.352 e. The van der Waals surface area contributed by atoms with Gasteiger partial charge in [-0.3, -0.25) is 0 Å². The van der Waals surface area contributed by atoms with Crippen molar-refractivity contribution in [3.63, 3.8) is 0 Å². The van der Waals surface area contributed by atoms with Crippen molar-refractivity contribution in [1.82, 2.24) is 9.88 Å². The van der Waals surface area contributed by atoms with Crippen LogP contribution in [-0.2, 0) is 13.6 Å². The molecular formula is C14H26N2S. The quantitative estimate of drug-likeness (QED) is 0.752. The molecule has 0 bridgehead atoms. The molecule has 0 amide bonds. The van der Waals surface area contributed by atoms with Crippen molar-refractivity contribution < 1.29 is 0 Å².